The minimum atomic E-state index is -0.266. The highest BCUT2D eigenvalue weighted by atomic mass is 16.3. The fraction of sp³-hybridized carbons (Fsp3) is 0.571. The van der Waals surface area contributed by atoms with Gasteiger partial charge < -0.3 is 15.3 Å². The molecule has 0 heterocycles. The number of rotatable bonds is 6. The molecule has 1 unspecified atom stereocenters. The van der Waals surface area contributed by atoms with E-state index in [1.165, 1.54) is 11.3 Å². The molecule has 0 aliphatic rings. The van der Waals surface area contributed by atoms with Crippen LogP contribution in [-0.2, 0) is 0 Å². The third kappa shape index (κ3) is 3.45. The van der Waals surface area contributed by atoms with Crippen LogP contribution in [0.25, 0.3) is 0 Å². The van der Waals surface area contributed by atoms with Gasteiger partial charge >= 0.3 is 0 Å². The first kappa shape index (κ1) is 14.0. The number of aryl methyl sites for hydroxylation is 1. The zero-order valence-corrected chi connectivity index (χ0v) is 11.3. The molecule has 0 radical (unpaired) electrons. The van der Waals surface area contributed by atoms with Gasteiger partial charge in [-0.3, -0.25) is 0 Å². The highest BCUT2D eigenvalue weighted by Crippen LogP contribution is 2.21. The minimum Gasteiger partial charge on any atom is -0.394 e. The lowest BCUT2D eigenvalue weighted by molar-refractivity contribution is 0.186. The maximum absolute atomic E-state index is 9.46. The van der Waals surface area contributed by atoms with E-state index in [4.69, 9.17) is 0 Å². The molecular weight excluding hydrogens is 212 g/mol. The number of benzene rings is 1. The van der Waals surface area contributed by atoms with Crippen molar-refractivity contribution < 1.29 is 5.11 Å². The molecule has 1 aromatic rings. The zero-order valence-electron chi connectivity index (χ0n) is 11.3. The predicted molar refractivity (Wildman–Crippen MR) is 73.6 cm³/mol. The van der Waals surface area contributed by atoms with E-state index in [0.717, 1.165) is 13.1 Å². The topological polar surface area (TPSA) is 35.5 Å². The molecule has 3 heteroatoms. The Balaban J connectivity index is 2.90. The molecule has 17 heavy (non-hydrogen) atoms. The Bertz CT molecular complexity index is 348. The molecule has 0 amide bonds. The van der Waals surface area contributed by atoms with E-state index in [9.17, 15) is 5.11 Å². The monoisotopic (exact) mass is 236 g/mol. The maximum Gasteiger partial charge on any atom is 0.0627 e. The lowest BCUT2D eigenvalue weighted by Gasteiger charge is -2.35. The second-order valence-corrected chi connectivity index (χ2v) is 4.77. The molecule has 2 N–H and O–H groups in total. The first-order chi connectivity index (χ1) is 8.06. The first-order valence-corrected chi connectivity index (χ1v) is 6.16. The van der Waals surface area contributed by atoms with Crippen LogP contribution >= 0.6 is 0 Å². The molecule has 3 nitrogen and oxygen atoms in total. The molecule has 0 aliphatic carbocycles. The van der Waals surface area contributed by atoms with Gasteiger partial charge in [0.2, 0.25) is 0 Å². The SMILES string of the molecule is CCN(CC(C)(CO)NC)c1ccccc1C. The van der Waals surface area contributed by atoms with Crippen LogP contribution in [0.4, 0.5) is 5.69 Å². The van der Waals surface area contributed by atoms with Crippen molar-refractivity contribution in [3.63, 3.8) is 0 Å². The molecule has 0 saturated carbocycles. The van der Waals surface area contributed by atoms with Gasteiger partial charge in [0.15, 0.2) is 0 Å². The maximum atomic E-state index is 9.46. The highest BCUT2D eigenvalue weighted by molar-refractivity contribution is 5.53. The quantitative estimate of drug-likeness (QED) is 0.790. The van der Waals surface area contributed by atoms with E-state index >= 15 is 0 Å². The van der Waals surface area contributed by atoms with E-state index in [-0.39, 0.29) is 12.1 Å². The summed E-state index contributed by atoms with van der Waals surface area (Å²) in [4.78, 5) is 2.29. The summed E-state index contributed by atoms with van der Waals surface area (Å²) in [6.07, 6.45) is 0. The van der Waals surface area contributed by atoms with Crippen LogP contribution in [0.2, 0.25) is 0 Å². The molecule has 0 saturated heterocycles. The van der Waals surface area contributed by atoms with Crippen LogP contribution in [0, 0.1) is 6.92 Å². The lowest BCUT2D eigenvalue weighted by Crippen LogP contribution is -2.52. The van der Waals surface area contributed by atoms with Gasteiger partial charge in [-0.2, -0.15) is 0 Å². The minimum absolute atomic E-state index is 0.131. The van der Waals surface area contributed by atoms with Crippen LogP contribution < -0.4 is 10.2 Å². The van der Waals surface area contributed by atoms with Crippen molar-refractivity contribution >= 4 is 5.69 Å². The van der Waals surface area contributed by atoms with Crippen molar-refractivity contribution in [2.75, 3.05) is 31.6 Å². The van der Waals surface area contributed by atoms with Gasteiger partial charge in [-0.05, 0) is 39.4 Å². The molecule has 0 bridgehead atoms. The Morgan fingerprint density at radius 3 is 2.47 bits per heavy atom. The number of para-hydroxylation sites is 1. The van der Waals surface area contributed by atoms with Crippen LogP contribution in [0.3, 0.4) is 0 Å². The molecule has 96 valence electrons. The van der Waals surface area contributed by atoms with E-state index in [0.29, 0.717) is 0 Å². The van der Waals surface area contributed by atoms with Gasteiger partial charge in [-0.1, -0.05) is 18.2 Å². The third-order valence-corrected chi connectivity index (χ3v) is 3.33. The van der Waals surface area contributed by atoms with Crippen LogP contribution in [0.5, 0.6) is 0 Å². The molecule has 0 spiro atoms. The highest BCUT2D eigenvalue weighted by Gasteiger charge is 2.24. The number of aliphatic hydroxyl groups excluding tert-OH is 1. The molecule has 1 atom stereocenters. The van der Waals surface area contributed by atoms with E-state index in [1.54, 1.807) is 0 Å². The van der Waals surface area contributed by atoms with Gasteiger partial charge in [-0.15, -0.1) is 0 Å². The average Bonchev–Trinajstić information content (AvgIpc) is 2.37. The largest absolute Gasteiger partial charge is 0.394 e. The Morgan fingerprint density at radius 1 is 1.35 bits per heavy atom. The van der Waals surface area contributed by atoms with Crippen molar-refractivity contribution in [3.8, 4) is 0 Å². The average molecular weight is 236 g/mol. The molecular formula is C14H24N2O. The van der Waals surface area contributed by atoms with E-state index in [2.05, 4.69) is 48.3 Å². The summed E-state index contributed by atoms with van der Waals surface area (Å²) >= 11 is 0. The summed E-state index contributed by atoms with van der Waals surface area (Å²) in [6, 6.07) is 8.36. The van der Waals surface area contributed by atoms with E-state index < -0.39 is 0 Å². The normalized spacial score (nSPS) is 14.4. The third-order valence-electron chi connectivity index (χ3n) is 3.33. The van der Waals surface area contributed by atoms with Gasteiger partial charge in [0, 0.05) is 18.8 Å². The van der Waals surface area contributed by atoms with Crippen LogP contribution in [-0.4, -0.2) is 37.4 Å². The Morgan fingerprint density at radius 2 is 2.00 bits per heavy atom. The molecule has 1 rings (SSSR count). The van der Waals surface area contributed by atoms with Gasteiger partial charge in [0.1, 0.15) is 0 Å². The van der Waals surface area contributed by atoms with Crippen molar-refractivity contribution in [1.29, 1.82) is 0 Å². The molecule has 0 aromatic heterocycles. The summed E-state index contributed by atoms with van der Waals surface area (Å²) in [6.45, 7) is 8.15. The fourth-order valence-electron chi connectivity index (χ4n) is 1.91. The summed E-state index contributed by atoms with van der Waals surface area (Å²) in [5.74, 6) is 0. The van der Waals surface area contributed by atoms with Crippen LogP contribution in [0.1, 0.15) is 19.4 Å². The van der Waals surface area contributed by atoms with Crippen molar-refractivity contribution in [3.05, 3.63) is 29.8 Å². The molecule has 0 aliphatic heterocycles. The molecule has 1 aromatic carbocycles. The Labute approximate surface area is 104 Å². The predicted octanol–water partition coefficient (Wildman–Crippen LogP) is 1.79. The number of hydrogen-bond acceptors (Lipinski definition) is 3. The number of nitrogens with zero attached hydrogens (tertiary/aromatic N) is 1. The van der Waals surface area contributed by atoms with Crippen molar-refractivity contribution in [1.82, 2.24) is 5.32 Å². The molecule has 0 fully saturated rings. The number of anilines is 1. The van der Waals surface area contributed by atoms with Gasteiger partial charge in [-0.25, -0.2) is 0 Å². The first-order valence-electron chi connectivity index (χ1n) is 6.16. The Hall–Kier alpha value is -1.06. The number of likely N-dealkylation sites (N-methyl/N-ethyl adjacent to an activating group) is 2. The van der Waals surface area contributed by atoms with Gasteiger partial charge in [0.25, 0.3) is 0 Å². The number of aliphatic hydroxyl groups is 1. The second kappa shape index (κ2) is 6.03. The summed E-state index contributed by atoms with van der Waals surface area (Å²) in [5.41, 5.74) is 2.24. The number of nitrogens with one attached hydrogen (secondary N) is 1. The van der Waals surface area contributed by atoms with E-state index in [1.807, 2.05) is 14.0 Å². The smallest absolute Gasteiger partial charge is 0.0627 e. The van der Waals surface area contributed by atoms with Gasteiger partial charge in [0.05, 0.1) is 12.1 Å². The summed E-state index contributed by atoms with van der Waals surface area (Å²) < 4.78 is 0. The Kier molecular flexibility index (Phi) is 4.97. The van der Waals surface area contributed by atoms with Crippen LogP contribution in [0.15, 0.2) is 24.3 Å². The zero-order chi connectivity index (χ0) is 12.9. The fourth-order valence-corrected chi connectivity index (χ4v) is 1.91. The van der Waals surface area contributed by atoms with Crippen molar-refractivity contribution in [2.45, 2.75) is 26.3 Å². The summed E-state index contributed by atoms with van der Waals surface area (Å²) in [7, 11) is 1.89. The summed E-state index contributed by atoms with van der Waals surface area (Å²) in [5, 5.41) is 12.6. The standard InChI is InChI=1S/C14H24N2O/c1-5-16(10-14(3,11-17)15-4)13-9-7-6-8-12(13)2/h6-9,15,17H,5,10-11H2,1-4H3. The lowest BCUT2D eigenvalue weighted by atomic mass is 10.0. The second-order valence-electron chi connectivity index (χ2n) is 4.77. The van der Waals surface area contributed by atoms with Crippen molar-refractivity contribution in [2.24, 2.45) is 0 Å². The number of hydrogen-bond donors (Lipinski definition) is 2.